The van der Waals surface area contributed by atoms with Crippen molar-refractivity contribution in [2.45, 2.75) is 13.1 Å². The Balaban J connectivity index is 2.55. The van der Waals surface area contributed by atoms with Gasteiger partial charge in [0.2, 0.25) is 0 Å². The lowest BCUT2D eigenvalue weighted by molar-refractivity contribution is -0.137. The molecular weight excluding hydrogens is 283 g/mol. The number of aromatic nitrogens is 1. The quantitative estimate of drug-likeness (QED) is 0.805. The van der Waals surface area contributed by atoms with Crippen LogP contribution in [0.1, 0.15) is 22.8 Å². The van der Waals surface area contributed by atoms with Gasteiger partial charge in [-0.1, -0.05) is 0 Å². The molecule has 0 bridgehead atoms. The number of ether oxygens (including phenoxy) is 1. The second-order valence-corrected chi connectivity index (χ2v) is 4.25. The highest BCUT2D eigenvalue weighted by atomic mass is 19.4. The first-order valence-corrected chi connectivity index (χ1v) is 6.21. The van der Waals surface area contributed by atoms with Crippen LogP contribution in [0.5, 0.6) is 0 Å². The third-order valence-electron chi connectivity index (χ3n) is 2.79. The number of benzene rings is 1. The number of hydrogen-bond acceptors (Lipinski definition) is 3. The fourth-order valence-electron chi connectivity index (χ4n) is 1.83. The standard InChI is InChI=1S/C15H12F3NO2/c1-2-21-14(20)12-7-11(10-3-5-19-6-4-10)8-13(9-12)15(16,17)18/h3-9H,2H2,1H3. The lowest BCUT2D eigenvalue weighted by atomic mass is 10.0. The van der Waals surface area contributed by atoms with Gasteiger partial charge in [-0.05, 0) is 48.4 Å². The van der Waals surface area contributed by atoms with Gasteiger partial charge >= 0.3 is 12.1 Å². The Kier molecular flexibility index (Phi) is 4.26. The molecule has 1 aromatic heterocycles. The molecule has 0 N–H and O–H groups in total. The zero-order chi connectivity index (χ0) is 15.5. The molecule has 0 saturated heterocycles. The van der Waals surface area contributed by atoms with Crippen molar-refractivity contribution in [2.24, 2.45) is 0 Å². The van der Waals surface area contributed by atoms with Gasteiger partial charge in [0.05, 0.1) is 17.7 Å². The minimum absolute atomic E-state index is 0.0969. The number of carbonyl (C=O) groups excluding carboxylic acids is 1. The molecule has 0 radical (unpaired) electrons. The number of hydrogen-bond donors (Lipinski definition) is 0. The number of pyridine rings is 1. The molecule has 0 aliphatic rings. The topological polar surface area (TPSA) is 39.2 Å². The SMILES string of the molecule is CCOC(=O)c1cc(-c2ccncc2)cc(C(F)(F)F)c1. The Hall–Kier alpha value is -2.37. The van der Waals surface area contributed by atoms with Crippen LogP contribution >= 0.6 is 0 Å². The molecule has 6 heteroatoms. The molecule has 2 rings (SSSR count). The van der Waals surface area contributed by atoms with Gasteiger partial charge in [-0.25, -0.2) is 4.79 Å². The second-order valence-electron chi connectivity index (χ2n) is 4.25. The summed E-state index contributed by atoms with van der Waals surface area (Å²) in [7, 11) is 0. The highest BCUT2D eigenvalue weighted by molar-refractivity contribution is 5.91. The monoisotopic (exact) mass is 295 g/mol. The third kappa shape index (κ3) is 3.59. The molecular formula is C15H12F3NO2. The van der Waals surface area contributed by atoms with Gasteiger partial charge in [-0.2, -0.15) is 13.2 Å². The summed E-state index contributed by atoms with van der Waals surface area (Å²) in [6.45, 7) is 1.69. The summed E-state index contributed by atoms with van der Waals surface area (Å²) in [5.41, 5.74) is -0.185. The van der Waals surface area contributed by atoms with E-state index in [4.69, 9.17) is 4.74 Å². The summed E-state index contributed by atoms with van der Waals surface area (Å²) in [6, 6.07) is 6.32. The van der Waals surface area contributed by atoms with Gasteiger partial charge < -0.3 is 4.74 Å². The molecule has 0 saturated carbocycles. The van der Waals surface area contributed by atoms with Gasteiger partial charge in [0, 0.05) is 12.4 Å². The van der Waals surface area contributed by atoms with Gasteiger partial charge in [0.15, 0.2) is 0 Å². The van der Waals surface area contributed by atoms with Crippen LogP contribution in [-0.2, 0) is 10.9 Å². The summed E-state index contributed by atoms with van der Waals surface area (Å²) < 4.78 is 43.6. The molecule has 21 heavy (non-hydrogen) atoms. The fourth-order valence-corrected chi connectivity index (χ4v) is 1.83. The summed E-state index contributed by atoms with van der Waals surface area (Å²) in [6.07, 6.45) is -1.59. The Morgan fingerprint density at radius 1 is 1.14 bits per heavy atom. The highest BCUT2D eigenvalue weighted by Gasteiger charge is 2.32. The number of nitrogens with zero attached hydrogens (tertiary/aromatic N) is 1. The Bertz CT molecular complexity index is 639. The smallest absolute Gasteiger partial charge is 0.416 e. The predicted molar refractivity (Wildman–Crippen MR) is 70.6 cm³/mol. The summed E-state index contributed by atoms with van der Waals surface area (Å²) >= 11 is 0. The van der Waals surface area contributed by atoms with E-state index >= 15 is 0 Å². The molecule has 0 aliphatic carbocycles. The number of rotatable bonds is 3. The van der Waals surface area contributed by atoms with Crippen molar-refractivity contribution in [3.63, 3.8) is 0 Å². The van der Waals surface area contributed by atoms with E-state index < -0.39 is 17.7 Å². The van der Waals surface area contributed by atoms with Crippen LogP contribution in [0, 0.1) is 0 Å². The molecule has 1 aromatic carbocycles. The van der Waals surface area contributed by atoms with E-state index in [9.17, 15) is 18.0 Å². The molecule has 0 atom stereocenters. The molecule has 0 fully saturated rings. The molecule has 1 heterocycles. The predicted octanol–water partition coefficient (Wildman–Crippen LogP) is 3.94. The molecule has 0 spiro atoms. The Morgan fingerprint density at radius 2 is 1.81 bits per heavy atom. The van der Waals surface area contributed by atoms with E-state index in [1.807, 2.05) is 0 Å². The van der Waals surface area contributed by atoms with E-state index in [-0.39, 0.29) is 17.7 Å². The first kappa shape index (κ1) is 15.0. The second kappa shape index (κ2) is 5.95. The first-order chi connectivity index (χ1) is 9.91. The van der Waals surface area contributed by atoms with Crippen LogP contribution in [0.3, 0.4) is 0 Å². The molecule has 110 valence electrons. The number of carbonyl (C=O) groups is 1. The minimum atomic E-state index is -4.54. The highest BCUT2D eigenvalue weighted by Crippen LogP contribution is 2.33. The Labute approximate surface area is 119 Å². The van der Waals surface area contributed by atoms with E-state index in [0.717, 1.165) is 12.1 Å². The number of halogens is 3. The van der Waals surface area contributed by atoms with Crippen LogP contribution in [0.25, 0.3) is 11.1 Å². The lowest BCUT2D eigenvalue weighted by Gasteiger charge is -2.12. The zero-order valence-corrected chi connectivity index (χ0v) is 11.1. The maximum Gasteiger partial charge on any atom is 0.416 e. The van der Waals surface area contributed by atoms with Gasteiger partial charge in [-0.3, -0.25) is 4.98 Å². The van der Waals surface area contributed by atoms with Crippen molar-refractivity contribution in [1.29, 1.82) is 0 Å². The summed E-state index contributed by atoms with van der Waals surface area (Å²) in [4.78, 5) is 15.5. The van der Waals surface area contributed by atoms with Crippen molar-refractivity contribution >= 4 is 5.97 Å². The number of esters is 1. The van der Waals surface area contributed by atoms with Crippen molar-refractivity contribution in [3.05, 3.63) is 53.9 Å². The fraction of sp³-hybridized carbons (Fsp3) is 0.200. The van der Waals surface area contributed by atoms with E-state index in [2.05, 4.69) is 4.98 Å². The van der Waals surface area contributed by atoms with Gasteiger partial charge in [0.1, 0.15) is 0 Å². The van der Waals surface area contributed by atoms with Crippen molar-refractivity contribution in [1.82, 2.24) is 4.98 Å². The molecule has 2 aromatic rings. The molecule has 0 unspecified atom stereocenters. The minimum Gasteiger partial charge on any atom is -0.462 e. The average molecular weight is 295 g/mol. The number of alkyl halides is 3. The lowest BCUT2D eigenvalue weighted by Crippen LogP contribution is -2.10. The van der Waals surface area contributed by atoms with E-state index in [1.54, 1.807) is 19.1 Å². The molecule has 0 aliphatic heterocycles. The largest absolute Gasteiger partial charge is 0.462 e. The maximum atomic E-state index is 12.9. The summed E-state index contributed by atoms with van der Waals surface area (Å²) in [5, 5.41) is 0. The van der Waals surface area contributed by atoms with Gasteiger partial charge in [-0.15, -0.1) is 0 Å². The van der Waals surface area contributed by atoms with E-state index in [0.29, 0.717) is 5.56 Å². The van der Waals surface area contributed by atoms with E-state index in [1.165, 1.54) is 18.5 Å². The van der Waals surface area contributed by atoms with Crippen molar-refractivity contribution < 1.29 is 22.7 Å². The normalized spacial score (nSPS) is 11.2. The maximum absolute atomic E-state index is 12.9. The van der Waals surface area contributed by atoms with Crippen LogP contribution in [-0.4, -0.2) is 17.6 Å². The molecule has 3 nitrogen and oxygen atoms in total. The third-order valence-corrected chi connectivity index (χ3v) is 2.79. The van der Waals surface area contributed by atoms with Crippen LogP contribution in [0.15, 0.2) is 42.7 Å². The Morgan fingerprint density at radius 3 is 2.38 bits per heavy atom. The van der Waals surface area contributed by atoms with Crippen LogP contribution in [0.2, 0.25) is 0 Å². The van der Waals surface area contributed by atoms with Crippen LogP contribution in [0.4, 0.5) is 13.2 Å². The van der Waals surface area contributed by atoms with Crippen LogP contribution < -0.4 is 0 Å². The zero-order valence-electron chi connectivity index (χ0n) is 11.1. The average Bonchev–Trinajstić information content (AvgIpc) is 2.47. The van der Waals surface area contributed by atoms with Crippen molar-refractivity contribution in [2.75, 3.05) is 6.61 Å². The van der Waals surface area contributed by atoms with Crippen molar-refractivity contribution in [3.8, 4) is 11.1 Å². The molecule has 0 amide bonds. The summed E-state index contributed by atoms with van der Waals surface area (Å²) in [5.74, 6) is -0.779. The first-order valence-electron chi connectivity index (χ1n) is 6.21. The van der Waals surface area contributed by atoms with Gasteiger partial charge in [0.25, 0.3) is 0 Å².